The third kappa shape index (κ3) is 5.38. The van der Waals surface area contributed by atoms with E-state index in [0.717, 1.165) is 69.8 Å². The van der Waals surface area contributed by atoms with Crippen molar-refractivity contribution in [1.29, 1.82) is 0 Å². The number of carbonyl (C=O) groups is 1. The van der Waals surface area contributed by atoms with Crippen molar-refractivity contribution in [2.45, 2.75) is 88.5 Å². The van der Waals surface area contributed by atoms with Gasteiger partial charge in [0.15, 0.2) is 5.78 Å². The van der Waals surface area contributed by atoms with E-state index in [1.165, 1.54) is 0 Å². The fourth-order valence-corrected chi connectivity index (χ4v) is 3.63. The quantitative estimate of drug-likeness (QED) is 0.482. The molecule has 5 heteroatoms. The zero-order chi connectivity index (χ0) is 16.7. The zero-order valence-corrected chi connectivity index (χ0v) is 13.9. The number of ketones is 1. The first-order valence-electron chi connectivity index (χ1n) is 9.08. The number of allylic oxidation sites excluding steroid dienone is 2. The summed E-state index contributed by atoms with van der Waals surface area (Å²) in [6, 6.07) is -0.525. The summed E-state index contributed by atoms with van der Waals surface area (Å²) in [5, 5.41) is 31.8. The van der Waals surface area contributed by atoms with Gasteiger partial charge in [0.1, 0.15) is 0 Å². The van der Waals surface area contributed by atoms with Crippen molar-refractivity contribution < 1.29 is 20.1 Å². The Morgan fingerprint density at radius 1 is 1.04 bits per heavy atom. The van der Waals surface area contributed by atoms with Gasteiger partial charge in [0.05, 0.1) is 24.9 Å². The lowest BCUT2D eigenvalue weighted by Gasteiger charge is -2.15. The van der Waals surface area contributed by atoms with Gasteiger partial charge in [-0.25, -0.2) is 0 Å². The van der Waals surface area contributed by atoms with Crippen molar-refractivity contribution >= 4 is 5.78 Å². The van der Waals surface area contributed by atoms with E-state index in [1.807, 2.05) is 0 Å². The highest BCUT2D eigenvalue weighted by Crippen LogP contribution is 2.21. The van der Waals surface area contributed by atoms with Crippen LogP contribution in [0.5, 0.6) is 0 Å². The molecule has 1 aliphatic carbocycles. The molecule has 2 rings (SSSR count). The van der Waals surface area contributed by atoms with Gasteiger partial charge in [-0.1, -0.05) is 31.8 Å². The highest BCUT2D eigenvalue weighted by molar-refractivity contribution is 5.95. The van der Waals surface area contributed by atoms with Gasteiger partial charge in [-0.3, -0.25) is 4.79 Å². The molecule has 0 bridgehead atoms. The predicted molar refractivity (Wildman–Crippen MR) is 89.1 cm³/mol. The van der Waals surface area contributed by atoms with Crippen molar-refractivity contribution in [1.82, 2.24) is 5.32 Å². The van der Waals surface area contributed by atoms with Crippen LogP contribution in [0.15, 0.2) is 11.6 Å². The number of hydrogen-bond donors (Lipinski definition) is 4. The minimum atomic E-state index is -0.869. The molecule has 1 heterocycles. The number of aliphatic hydroxyl groups is 3. The number of hydrogen-bond acceptors (Lipinski definition) is 5. The van der Waals surface area contributed by atoms with E-state index in [2.05, 4.69) is 11.4 Å². The number of aliphatic hydroxyl groups excluding tert-OH is 3. The third-order valence-electron chi connectivity index (χ3n) is 5.12. The molecule has 0 saturated carbocycles. The summed E-state index contributed by atoms with van der Waals surface area (Å²) in [5.41, 5.74) is 1.04. The summed E-state index contributed by atoms with van der Waals surface area (Å²) in [5.74, 6) is 0.342. The lowest BCUT2D eigenvalue weighted by molar-refractivity contribution is -0.116. The van der Waals surface area contributed by atoms with E-state index in [1.54, 1.807) is 0 Å². The molecular formula is C18H31NO4. The Hall–Kier alpha value is -0.750. The smallest absolute Gasteiger partial charge is 0.158 e. The first kappa shape index (κ1) is 18.6. The van der Waals surface area contributed by atoms with Gasteiger partial charge in [0, 0.05) is 12.5 Å². The Balaban J connectivity index is 1.51. The molecule has 5 nitrogen and oxygen atoms in total. The van der Waals surface area contributed by atoms with Crippen LogP contribution in [0.4, 0.5) is 0 Å². The Morgan fingerprint density at radius 3 is 2.43 bits per heavy atom. The summed E-state index contributed by atoms with van der Waals surface area (Å²) in [6.07, 6.45) is 10.4. The van der Waals surface area contributed by atoms with E-state index < -0.39 is 18.2 Å². The summed E-state index contributed by atoms with van der Waals surface area (Å²) in [7, 11) is 0. The zero-order valence-electron chi connectivity index (χ0n) is 13.9. The number of carbonyl (C=O) groups excluding carboxylic acids is 1. The van der Waals surface area contributed by atoms with Crippen LogP contribution in [-0.4, -0.2) is 52.0 Å². The molecule has 132 valence electrons. The normalized spacial score (nSPS) is 31.4. The Labute approximate surface area is 138 Å². The second-order valence-electron chi connectivity index (χ2n) is 6.89. The number of unbranched alkanes of at least 4 members (excludes halogenated alkanes) is 4. The molecule has 0 radical (unpaired) electrons. The maximum absolute atomic E-state index is 11.7. The highest BCUT2D eigenvalue weighted by Gasteiger charge is 2.39. The lowest BCUT2D eigenvalue weighted by atomic mass is 9.93. The van der Waals surface area contributed by atoms with E-state index in [-0.39, 0.29) is 12.6 Å². The van der Waals surface area contributed by atoms with Gasteiger partial charge in [0.2, 0.25) is 0 Å². The molecule has 1 fully saturated rings. The van der Waals surface area contributed by atoms with E-state index in [9.17, 15) is 15.0 Å². The minimum absolute atomic E-state index is 0.118. The fourth-order valence-electron chi connectivity index (χ4n) is 3.63. The summed E-state index contributed by atoms with van der Waals surface area (Å²) < 4.78 is 0. The maximum atomic E-state index is 11.7. The van der Waals surface area contributed by atoms with Gasteiger partial charge >= 0.3 is 0 Å². The van der Waals surface area contributed by atoms with E-state index in [4.69, 9.17) is 5.11 Å². The Morgan fingerprint density at radius 2 is 1.74 bits per heavy atom. The van der Waals surface area contributed by atoms with Crippen LogP contribution in [0, 0.1) is 0 Å². The predicted octanol–water partition coefficient (Wildman–Crippen LogP) is 1.45. The summed E-state index contributed by atoms with van der Waals surface area (Å²) in [6.45, 7) is -0.150. The second-order valence-corrected chi connectivity index (χ2v) is 6.89. The molecule has 4 unspecified atom stereocenters. The monoisotopic (exact) mass is 325 g/mol. The molecular weight excluding hydrogens is 294 g/mol. The fraction of sp³-hybridized carbons (Fsp3) is 0.833. The van der Waals surface area contributed by atoms with Gasteiger partial charge in [0.25, 0.3) is 0 Å². The number of Topliss-reactive ketones (excluding diaryl/α,β-unsaturated/α-hetero) is 1. The molecule has 4 N–H and O–H groups in total. The lowest BCUT2D eigenvalue weighted by Crippen LogP contribution is -2.36. The van der Waals surface area contributed by atoms with Gasteiger partial charge in [-0.2, -0.15) is 0 Å². The van der Waals surface area contributed by atoms with Gasteiger partial charge in [-0.15, -0.1) is 0 Å². The molecule has 0 amide bonds. The molecule has 0 aromatic carbocycles. The Kier molecular flexibility index (Phi) is 7.70. The average Bonchev–Trinajstić information content (AvgIpc) is 2.83. The van der Waals surface area contributed by atoms with Gasteiger partial charge < -0.3 is 20.6 Å². The number of rotatable bonds is 9. The van der Waals surface area contributed by atoms with Crippen LogP contribution < -0.4 is 5.32 Å². The van der Waals surface area contributed by atoms with Crippen molar-refractivity contribution in [3.05, 3.63) is 11.6 Å². The van der Waals surface area contributed by atoms with E-state index >= 15 is 0 Å². The van der Waals surface area contributed by atoms with Crippen molar-refractivity contribution in [2.75, 3.05) is 6.61 Å². The molecule has 0 spiro atoms. The van der Waals surface area contributed by atoms with Crippen LogP contribution in [0.25, 0.3) is 0 Å². The molecule has 1 saturated heterocycles. The van der Waals surface area contributed by atoms with Gasteiger partial charge in [-0.05, 0) is 37.7 Å². The maximum Gasteiger partial charge on any atom is 0.158 e. The van der Waals surface area contributed by atoms with Crippen LogP contribution in [0.2, 0.25) is 0 Å². The first-order valence-corrected chi connectivity index (χ1v) is 9.08. The van der Waals surface area contributed by atoms with Crippen LogP contribution in [0.3, 0.4) is 0 Å². The molecule has 4 atom stereocenters. The van der Waals surface area contributed by atoms with E-state index in [0.29, 0.717) is 5.78 Å². The van der Waals surface area contributed by atoms with Crippen molar-refractivity contribution in [3.8, 4) is 0 Å². The minimum Gasteiger partial charge on any atom is -0.395 e. The molecule has 23 heavy (non-hydrogen) atoms. The van der Waals surface area contributed by atoms with Crippen LogP contribution >= 0.6 is 0 Å². The molecule has 2 aliphatic rings. The topological polar surface area (TPSA) is 89.8 Å². The Bertz CT molecular complexity index is 410. The summed E-state index contributed by atoms with van der Waals surface area (Å²) >= 11 is 0. The van der Waals surface area contributed by atoms with Crippen molar-refractivity contribution in [2.24, 2.45) is 0 Å². The SMILES string of the molecule is O=C1CCCC=C1CCCCCCCC1NC(CO)C(O)C1O. The van der Waals surface area contributed by atoms with Crippen LogP contribution in [0.1, 0.15) is 64.2 Å². The molecule has 0 aromatic rings. The molecule has 1 aliphatic heterocycles. The second kappa shape index (κ2) is 9.52. The van der Waals surface area contributed by atoms with Crippen LogP contribution in [-0.2, 0) is 4.79 Å². The third-order valence-corrected chi connectivity index (χ3v) is 5.12. The number of nitrogens with one attached hydrogen (secondary N) is 1. The summed E-state index contributed by atoms with van der Waals surface area (Å²) in [4.78, 5) is 11.7. The van der Waals surface area contributed by atoms with Crippen molar-refractivity contribution in [3.63, 3.8) is 0 Å². The largest absolute Gasteiger partial charge is 0.395 e. The highest BCUT2D eigenvalue weighted by atomic mass is 16.3. The average molecular weight is 325 g/mol. The standard InChI is InChI=1S/C18H31NO4/c20-12-15-18(23)17(22)14(19-15)10-5-3-1-2-4-8-13-9-6-7-11-16(13)21/h9,14-15,17-20,22-23H,1-8,10-12H2. The molecule has 0 aromatic heterocycles. The first-order chi connectivity index (χ1) is 11.1.